The Morgan fingerprint density at radius 3 is 2.48 bits per heavy atom. The Bertz CT molecular complexity index is 1350. The number of aromatic nitrogens is 2. The Morgan fingerprint density at radius 2 is 1.82 bits per heavy atom. The number of carboxylic acids is 1. The number of nitrogens with one attached hydrogen (secondary N) is 1. The van der Waals surface area contributed by atoms with Gasteiger partial charge in [0.15, 0.2) is 0 Å². The number of fused-ring (bicyclic) bond motifs is 1. The highest BCUT2D eigenvalue weighted by Gasteiger charge is 2.16. The quantitative estimate of drug-likeness (QED) is 0.231. The van der Waals surface area contributed by atoms with Crippen LogP contribution in [0.25, 0.3) is 28.1 Å². The van der Waals surface area contributed by atoms with E-state index in [0.29, 0.717) is 11.4 Å². The van der Waals surface area contributed by atoms with Gasteiger partial charge in [-0.3, -0.25) is 5.10 Å². The third-order valence-corrected chi connectivity index (χ3v) is 5.57. The Hall–Kier alpha value is -3.70. The van der Waals surface area contributed by atoms with Crippen molar-refractivity contribution in [1.29, 1.82) is 0 Å². The number of allylic oxidation sites excluding steroid dienone is 1. The number of halogens is 2. The minimum Gasteiger partial charge on any atom is -0.478 e. The number of carbonyl (C=O) groups is 1. The zero-order valence-corrected chi connectivity index (χ0v) is 18.0. The molecule has 4 rings (SSSR count). The first kappa shape index (κ1) is 24.0. The molecule has 0 saturated heterocycles. The van der Waals surface area contributed by atoms with Gasteiger partial charge in [-0.25, -0.2) is 9.18 Å². The van der Waals surface area contributed by atoms with E-state index in [2.05, 4.69) is 16.3 Å². The predicted octanol–water partition coefficient (Wildman–Crippen LogP) is 7.46. The van der Waals surface area contributed by atoms with E-state index in [1.165, 1.54) is 12.1 Å². The molecule has 0 bridgehead atoms. The lowest BCUT2D eigenvalue weighted by atomic mass is 9.87. The van der Waals surface area contributed by atoms with Gasteiger partial charge in [0.2, 0.25) is 0 Å². The van der Waals surface area contributed by atoms with E-state index in [1.54, 1.807) is 18.3 Å². The summed E-state index contributed by atoms with van der Waals surface area (Å²) in [7, 11) is 0. The number of hydrogen-bond donors (Lipinski definition) is 2. The molecule has 6 heteroatoms. The molecule has 0 spiro atoms. The van der Waals surface area contributed by atoms with Gasteiger partial charge >= 0.3 is 5.97 Å². The summed E-state index contributed by atoms with van der Waals surface area (Å²) in [6.07, 6.45) is 5.09. The van der Waals surface area contributed by atoms with Crippen LogP contribution in [0.3, 0.4) is 0 Å². The van der Waals surface area contributed by atoms with E-state index in [0.717, 1.165) is 50.4 Å². The fourth-order valence-electron chi connectivity index (χ4n) is 3.78. The maximum Gasteiger partial charge on any atom is 0.328 e. The average molecular weight is 463 g/mol. The molecule has 0 aliphatic rings. The van der Waals surface area contributed by atoms with Crippen LogP contribution in [0.4, 0.5) is 4.39 Å². The van der Waals surface area contributed by atoms with Gasteiger partial charge in [-0.05, 0) is 70.2 Å². The van der Waals surface area contributed by atoms with E-state index in [4.69, 9.17) is 16.7 Å². The van der Waals surface area contributed by atoms with Gasteiger partial charge in [-0.1, -0.05) is 62.3 Å². The van der Waals surface area contributed by atoms with Crippen LogP contribution >= 0.6 is 11.6 Å². The molecule has 3 aromatic carbocycles. The molecule has 0 aliphatic carbocycles. The van der Waals surface area contributed by atoms with Crippen LogP contribution < -0.4 is 0 Å². The van der Waals surface area contributed by atoms with Crippen molar-refractivity contribution in [2.75, 3.05) is 0 Å². The minimum absolute atomic E-state index is 0. The predicted molar refractivity (Wildman–Crippen MR) is 134 cm³/mol. The molecule has 0 radical (unpaired) electrons. The SMILES string of the molecule is C.CC/C(=C(/c1ccc(/C=C/C(=O)O)cc1)c1ccc2[nH]ncc2c1)c1ccc(F)cc1Cl. The van der Waals surface area contributed by atoms with Gasteiger partial charge in [0.1, 0.15) is 5.82 Å². The summed E-state index contributed by atoms with van der Waals surface area (Å²) >= 11 is 6.44. The van der Waals surface area contributed by atoms with Crippen LogP contribution in [-0.4, -0.2) is 21.3 Å². The third kappa shape index (κ3) is 5.21. The Morgan fingerprint density at radius 1 is 1.09 bits per heavy atom. The van der Waals surface area contributed by atoms with Crippen molar-refractivity contribution in [3.8, 4) is 0 Å². The molecule has 0 fully saturated rings. The van der Waals surface area contributed by atoms with Crippen LogP contribution in [0, 0.1) is 5.82 Å². The Balaban J connectivity index is 0.00000306. The highest BCUT2D eigenvalue weighted by Crippen LogP contribution is 2.38. The van der Waals surface area contributed by atoms with Gasteiger partial charge in [0.05, 0.1) is 16.7 Å². The van der Waals surface area contributed by atoms with E-state index in [-0.39, 0.29) is 13.2 Å². The molecular formula is C27H24ClFN2O2. The van der Waals surface area contributed by atoms with Crippen LogP contribution in [0.5, 0.6) is 0 Å². The first-order valence-corrected chi connectivity index (χ1v) is 10.5. The molecule has 2 N–H and O–H groups in total. The fourth-order valence-corrected chi connectivity index (χ4v) is 4.06. The molecule has 168 valence electrons. The molecular weight excluding hydrogens is 439 g/mol. The summed E-state index contributed by atoms with van der Waals surface area (Å²) in [6.45, 7) is 2.04. The second-order valence-electron chi connectivity index (χ2n) is 7.30. The second kappa shape index (κ2) is 10.3. The van der Waals surface area contributed by atoms with E-state index >= 15 is 0 Å². The van der Waals surface area contributed by atoms with Crippen molar-refractivity contribution in [2.24, 2.45) is 0 Å². The maximum absolute atomic E-state index is 13.7. The summed E-state index contributed by atoms with van der Waals surface area (Å²) in [6, 6.07) is 18.1. The zero-order valence-electron chi connectivity index (χ0n) is 17.3. The van der Waals surface area contributed by atoms with Gasteiger partial charge < -0.3 is 5.11 Å². The monoisotopic (exact) mass is 462 g/mol. The van der Waals surface area contributed by atoms with Crippen LogP contribution in [-0.2, 0) is 4.79 Å². The lowest BCUT2D eigenvalue weighted by Crippen LogP contribution is -1.96. The van der Waals surface area contributed by atoms with Gasteiger partial charge in [-0.15, -0.1) is 0 Å². The Kier molecular flexibility index (Phi) is 7.46. The molecule has 33 heavy (non-hydrogen) atoms. The van der Waals surface area contributed by atoms with Crippen molar-refractivity contribution in [2.45, 2.75) is 20.8 Å². The number of hydrogen-bond acceptors (Lipinski definition) is 2. The van der Waals surface area contributed by atoms with Crippen LogP contribution in [0.15, 0.2) is 72.9 Å². The first-order chi connectivity index (χ1) is 15.5. The van der Waals surface area contributed by atoms with Crippen molar-refractivity contribution in [1.82, 2.24) is 10.2 Å². The lowest BCUT2D eigenvalue weighted by molar-refractivity contribution is -0.131. The smallest absolute Gasteiger partial charge is 0.328 e. The molecule has 0 atom stereocenters. The molecule has 0 aliphatic heterocycles. The Labute approximate surface area is 197 Å². The summed E-state index contributed by atoms with van der Waals surface area (Å²) in [5, 5.41) is 17.3. The summed E-state index contributed by atoms with van der Waals surface area (Å²) in [5.74, 6) is -1.38. The minimum atomic E-state index is -0.998. The second-order valence-corrected chi connectivity index (χ2v) is 7.70. The highest BCUT2D eigenvalue weighted by molar-refractivity contribution is 6.32. The van der Waals surface area contributed by atoms with Crippen molar-refractivity contribution >= 4 is 45.7 Å². The molecule has 1 aromatic heterocycles. The van der Waals surface area contributed by atoms with Crippen molar-refractivity contribution in [3.05, 3.63) is 106 Å². The zero-order chi connectivity index (χ0) is 22.7. The first-order valence-electron chi connectivity index (χ1n) is 10.1. The third-order valence-electron chi connectivity index (χ3n) is 5.26. The molecule has 0 amide bonds. The van der Waals surface area contributed by atoms with E-state index in [9.17, 15) is 9.18 Å². The summed E-state index contributed by atoms with van der Waals surface area (Å²) in [5.41, 5.74) is 6.35. The lowest BCUT2D eigenvalue weighted by Gasteiger charge is -2.17. The number of benzene rings is 3. The van der Waals surface area contributed by atoms with Gasteiger partial charge in [0, 0.05) is 11.5 Å². The number of aromatic amines is 1. The van der Waals surface area contributed by atoms with Crippen molar-refractivity contribution < 1.29 is 14.3 Å². The molecule has 0 saturated carbocycles. The number of carboxylic acid groups (broad SMARTS) is 1. The number of aliphatic carboxylic acids is 1. The van der Waals surface area contributed by atoms with E-state index < -0.39 is 5.97 Å². The topological polar surface area (TPSA) is 66.0 Å². The largest absolute Gasteiger partial charge is 0.478 e. The number of nitrogens with zero attached hydrogens (tertiary/aromatic N) is 1. The summed E-state index contributed by atoms with van der Waals surface area (Å²) < 4.78 is 13.7. The van der Waals surface area contributed by atoms with Gasteiger partial charge in [0.25, 0.3) is 0 Å². The average Bonchev–Trinajstić information content (AvgIpc) is 3.25. The van der Waals surface area contributed by atoms with Crippen LogP contribution in [0.2, 0.25) is 5.02 Å². The van der Waals surface area contributed by atoms with Gasteiger partial charge in [-0.2, -0.15) is 5.10 Å². The fraction of sp³-hybridized carbons (Fsp3) is 0.111. The summed E-state index contributed by atoms with van der Waals surface area (Å²) in [4.78, 5) is 10.8. The molecule has 4 aromatic rings. The maximum atomic E-state index is 13.7. The molecule has 4 nitrogen and oxygen atoms in total. The number of H-pyrrole nitrogens is 1. The molecule has 1 heterocycles. The van der Waals surface area contributed by atoms with Crippen molar-refractivity contribution in [3.63, 3.8) is 0 Å². The molecule has 0 unspecified atom stereocenters. The highest BCUT2D eigenvalue weighted by atomic mass is 35.5. The normalized spacial score (nSPS) is 12.0. The number of rotatable bonds is 6. The van der Waals surface area contributed by atoms with Crippen LogP contribution in [0.1, 0.15) is 43.0 Å². The van der Waals surface area contributed by atoms with E-state index in [1.807, 2.05) is 43.3 Å². The standard InChI is InChI=1S/C26H20ClFN2O2.CH4/c1-2-21(22-10-9-20(28)14-23(22)27)26(18-8-11-24-19(13-18)15-29-30-24)17-6-3-16(4-7-17)5-12-25(31)32;/h3-15H,2H2,1H3,(H,29,30)(H,31,32);1H4/b12-5+,26-21+;.